The van der Waals surface area contributed by atoms with Gasteiger partial charge in [0.05, 0.1) is 18.5 Å². The van der Waals surface area contributed by atoms with Crippen molar-refractivity contribution < 1.29 is 14.0 Å². The first-order valence-electron chi connectivity index (χ1n) is 11.9. The number of rotatable bonds is 5. The summed E-state index contributed by atoms with van der Waals surface area (Å²) in [5, 5.41) is 16.9. The van der Waals surface area contributed by atoms with Gasteiger partial charge in [0.15, 0.2) is 0 Å². The number of likely N-dealkylation sites (N-methyl/N-ethyl adjacent to an activating group) is 1. The van der Waals surface area contributed by atoms with Gasteiger partial charge in [-0.3, -0.25) is 9.59 Å². The van der Waals surface area contributed by atoms with E-state index in [2.05, 4.69) is 22.8 Å². The van der Waals surface area contributed by atoms with Gasteiger partial charge in [0.2, 0.25) is 11.8 Å². The largest absolute Gasteiger partial charge is 0.461 e. The van der Waals surface area contributed by atoms with Crippen molar-refractivity contribution in [2.45, 2.75) is 50.2 Å². The van der Waals surface area contributed by atoms with Crippen molar-refractivity contribution in [3.05, 3.63) is 53.8 Å². The van der Waals surface area contributed by atoms with Gasteiger partial charge in [-0.1, -0.05) is 18.2 Å². The normalized spacial score (nSPS) is 23.8. The number of hydrogen-bond acceptors (Lipinski definition) is 5. The van der Waals surface area contributed by atoms with E-state index in [1.807, 2.05) is 36.4 Å². The van der Waals surface area contributed by atoms with Crippen LogP contribution >= 0.6 is 0 Å². The van der Waals surface area contributed by atoms with E-state index in [1.165, 1.54) is 0 Å². The molecule has 2 fully saturated rings. The van der Waals surface area contributed by atoms with Crippen LogP contribution in [0.4, 0.5) is 5.69 Å². The third kappa shape index (κ3) is 3.55. The zero-order chi connectivity index (χ0) is 23.4. The van der Waals surface area contributed by atoms with Crippen LogP contribution in [0.25, 0.3) is 22.1 Å². The van der Waals surface area contributed by atoms with Crippen molar-refractivity contribution in [3.63, 3.8) is 0 Å². The summed E-state index contributed by atoms with van der Waals surface area (Å²) in [4.78, 5) is 26.4. The number of amides is 2. The van der Waals surface area contributed by atoms with Gasteiger partial charge in [-0.15, -0.1) is 0 Å². The number of carbonyl (C=O) groups excluding carboxylic acids is 2. The van der Waals surface area contributed by atoms with Crippen LogP contribution in [0.3, 0.4) is 0 Å². The molecule has 0 radical (unpaired) electrons. The van der Waals surface area contributed by atoms with Crippen LogP contribution in [0.1, 0.15) is 30.6 Å². The van der Waals surface area contributed by atoms with E-state index in [1.54, 1.807) is 11.9 Å². The van der Waals surface area contributed by atoms with Crippen molar-refractivity contribution in [2.75, 3.05) is 11.9 Å². The van der Waals surface area contributed by atoms with E-state index < -0.39 is 6.04 Å². The van der Waals surface area contributed by atoms with Crippen molar-refractivity contribution in [3.8, 4) is 17.2 Å². The lowest BCUT2D eigenvalue weighted by Crippen LogP contribution is -2.50. The van der Waals surface area contributed by atoms with Crippen LogP contribution in [0, 0.1) is 17.2 Å². The third-order valence-corrected chi connectivity index (χ3v) is 7.58. The number of benzene rings is 2. The molecular formula is C27H26N4O3. The number of nitrogens with one attached hydrogen (secondary N) is 2. The maximum Gasteiger partial charge on any atom is 0.238 e. The Bertz CT molecular complexity index is 1350. The number of nitrogens with zero attached hydrogens (tertiary/aromatic N) is 2. The number of carbonyl (C=O) groups is 2. The molecule has 1 aliphatic carbocycles. The highest BCUT2D eigenvalue weighted by Gasteiger charge is 2.43. The fourth-order valence-electron chi connectivity index (χ4n) is 5.74. The highest BCUT2D eigenvalue weighted by molar-refractivity contribution is 6.01. The monoisotopic (exact) mass is 454 g/mol. The highest BCUT2D eigenvalue weighted by Crippen LogP contribution is 2.36. The molecule has 6 rings (SSSR count). The molecule has 1 aromatic heterocycles. The molecule has 2 bridgehead atoms. The summed E-state index contributed by atoms with van der Waals surface area (Å²) >= 11 is 0. The molecule has 2 aromatic carbocycles. The van der Waals surface area contributed by atoms with E-state index >= 15 is 0 Å². The predicted octanol–water partition coefficient (Wildman–Crippen LogP) is 3.31. The average Bonchev–Trinajstić information content (AvgIpc) is 3.62. The fraction of sp³-hybridized carbons (Fsp3) is 0.370. The molecule has 3 aliphatic rings. The number of piperidine rings is 1. The van der Waals surface area contributed by atoms with Crippen molar-refractivity contribution in [1.29, 1.82) is 5.26 Å². The van der Waals surface area contributed by atoms with E-state index in [0.717, 1.165) is 52.6 Å². The second kappa shape index (κ2) is 8.00. The second-order valence-electron chi connectivity index (χ2n) is 9.75. The van der Waals surface area contributed by atoms with Crippen LogP contribution in [-0.4, -0.2) is 37.0 Å². The number of hydrogen-bond donors (Lipinski definition) is 2. The summed E-state index contributed by atoms with van der Waals surface area (Å²) in [7, 11) is 1.81. The lowest BCUT2D eigenvalue weighted by Gasteiger charge is -2.23. The molecule has 1 saturated carbocycles. The third-order valence-electron chi connectivity index (χ3n) is 7.58. The Morgan fingerprint density at radius 1 is 1.24 bits per heavy atom. The summed E-state index contributed by atoms with van der Waals surface area (Å²) in [5.41, 5.74) is 4.81. The molecule has 1 unspecified atom stereocenters. The molecule has 3 heterocycles. The molecular weight excluding hydrogens is 428 g/mol. The topological polar surface area (TPSA) is 98.4 Å². The molecule has 4 atom stereocenters. The molecule has 34 heavy (non-hydrogen) atoms. The SMILES string of the molecule is CN1C(=O)Cc2ccc(-c3ccc4oc(CC(C#N)NC(=O)[C@H]5N[C@H]6CC[C@H]5C6)cc4c3)cc21. The van der Waals surface area contributed by atoms with Crippen LogP contribution < -0.4 is 15.5 Å². The molecule has 3 aromatic rings. The Hall–Kier alpha value is -3.63. The molecule has 7 nitrogen and oxygen atoms in total. The first-order valence-corrected chi connectivity index (χ1v) is 11.9. The number of nitriles is 1. The number of furan rings is 1. The van der Waals surface area contributed by atoms with Crippen LogP contribution in [0.5, 0.6) is 0 Å². The Morgan fingerprint density at radius 3 is 2.82 bits per heavy atom. The number of fused-ring (bicyclic) bond motifs is 4. The summed E-state index contributed by atoms with van der Waals surface area (Å²) in [6.45, 7) is 0. The molecule has 2 N–H and O–H groups in total. The molecule has 7 heteroatoms. The summed E-state index contributed by atoms with van der Waals surface area (Å²) in [6.07, 6.45) is 4.04. The van der Waals surface area contributed by atoms with Gasteiger partial charge >= 0.3 is 0 Å². The quantitative estimate of drug-likeness (QED) is 0.616. The standard InChI is InChI=1S/C27H26N4O3/c1-31-23-11-16(2-3-17(23)12-25(31)32)15-5-7-24-19(8-15)10-22(34-24)13-21(14-28)30-27(33)26-18-4-6-20(9-18)29-26/h2-3,5,7-8,10-11,18,20-21,26,29H,4,6,9,12-13H2,1H3,(H,30,33)/t18-,20-,21?,26-/m0/s1. The molecule has 1 saturated heterocycles. The minimum atomic E-state index is -0.641. The molecule has 2 amide bonds. The Kier molecular flexibility index (Phi) is 4.93. The number of anilines is 1. The highest BCUT2D eigenvalue weighted by atomic mass is 16.3. The van der Waals surface area contributed by atoms with E-state index in [-0.39, 0.29) is 17.9 Å². The second-order valence-corrected chi connectivity index (χ2v) is 9.75. The molecule has 172 valence electrons. The zero-order valence-electron chi connectivity index (χ0n) is 19.0. The Balaban J connectivity index is 1.19. The van der Waals surface area contributed by atoms with Crippen LogP contribution in [0.15, 0.2) is 46.9 Å². The first kappa shape index (κ1) is 20.9. The van der Waals surface area contributed by atoms with Crippen LogP contribution in [-0.2, 0) is 22.4 Å². The van der Waals surface area contributed by atoms with Crippen molar-refractivity contribution >= 4 is 28.5 Å². The van der Waals surface area contributed by atoms with E-state index in [0.29, 0.717) is 30.6 Å². The minimum absolute atomic E-state index is 0.0859. The van der Waals surface area contributed by atoms with Crippen molar-refractivity contribution in [2.24, 2.45) is 5.92 Å². The maximum absolute atomic E-state index is 12.7. The van der Waals surface area contributed by atoms with Gasteiger partial charge in [0, 0.05) is 30.6 Å². The first-order chi connectivity index (χ1) is 16.5. The van der Waals surface area contributed by atoms with Crippen LogP contribution in [0.2, 0.25) is 0 Å². The average molecular weight is 455 g/mol. The van der Waals surface area contributed by atoms with Gasteiger partial charge in [-0.25, -0.2) is 0 Å². The summed E-state index contributed by atoms with van der Waals surface area (Å²) < 4.78 is 5.98. The predicted molar refractivity (Wildman–Crippen MR) is 128 cm³/mol. The van der Waals surface area contributed by atoms with E-state index in [9.17, 15) is 14.9 Å². The summed E-state index contributed by atoms with van der Waals surface area (Å²) in [5.74, 6) is 1.07. The fourth-order valence-corrected chi connectivity index (χ4v) is 5.74. The lowest BCUT2D eigenvalue weighted by atomic mass is 9.99. The lowest BCUT2D eigenvalue weighted by molar-refractivity contribution is -0.124. The van der Waals surface area contributed by atoms with Gasteiger partial charge in [-0.05, 0) is 66.1 Å². The maximum atomic E-state index is 12.7. The Labute approximate surface area is 197 Å². The van der Waals surface area contributed by atoms with Crippen molar-refractivity contribution in [1.82, 2.24) is 10.6 Å². The summed E-state index contributed by atoms with van der Waals surface area (Å²) in [6, 6.07) is 15.8. The zero-order valence-corrected chi connectivity index (χ0v) is 19.0. The smallest absolute Gasteiger partial charge is 0.238 e. The van der Waals surface area contributed by atoms with Gasteiger partial charge in [0.1, 0.15) is 17.4 Å². The van der Waals surface area contributed by atoms with E-state index in [4.69, 9.17) is 4.42 Å². The van der Waals surface area contributed by atoms with Gasteiger partial charge < -0.3 is 20.0 Å². The minimum Gasteiger partial charge on any atom is -0.461 e. The Morgan fingerprint density at radius 2 is 2.06 bits per heavy atom. The molecule has 0 spiro atoms. The molecule has 2 aliphatic heterocycles. The van der Waals surface area contributed by atoms with Gasteiger partial charge in [0.25, 0.3) is 0 Å². The van der Waals surface area contributed by atoms with Gasteiger partial charge in [-0.2, -0.15) is 5.26 Å².